The van der Waals surface area contributed by atoms with Gasteiger partial charge in [-0.3, -0.25) is 0 Å². The maximum atomic E-state index is 5.09. The van der Waals surface area contributed by atoms with Crippen molar-refractivity contribution in [1.82, 2.24) is 29.1 Å². The van der Waals surface area contributed by atoms with Crippen LogP contribution in [0.1, 0.15) is 112 Å². The molecule has 31 heavy (non-hydrogen) atoms. The average molecular weight is 417 g/mol. The minimum atomic E-state index is -1.25. The van der Waals surface area contributed by atoms with Crippen LogP contribution in [0, 0.1) is 0 Å². The molecule has 3 aromatic rings. The van der Waals surface area contributed by atoms with Crippen molar-refractivity contribution in [1.29, 1.82) is 0 Å². The van der Waals surface area contributed by atoms with E-state index in [1.807, 2.05) is 0 Å². The van der Waals surface area contributed by atoms with E-state index in [2.05, 4.69) is 50.6 Å². The lowest BCUT2D eigenvalue weighted by Gasteiger charge is -2.27. The summed E-state index contributed by atoms with van der Waals surface area (Å²) in [5, 5.41) is 15.3. The molecule has 3 fully saturated rings. The molecule has 3 aliphatic carbocycles. The molecule has 6 rings (SSSR count). The zero-order valence-electron chi connectivity index (χ0n) is 18.6. The smallest absolute Gasteiger partial charge is 0.326 e. The standard InChI is InChI=1S/C24H34BN6/c1-2-8-19(7-1)22-13-16-29(26-22)25(30-17-14-23(27-30)20-9-3-4-10-20)31-18-15-24(28-31)21-11-5-6-12-21/h13-21,25H,1-12H2/q-1. The van der Waals surface area contributed by atoms with Crippen molar-refractivity contribution >= 4 is 7.12 Å². The number of hydrogen-bond acceptors (Lipinski definition) is 3. The summed E-state index contributed by atoms with van der Waals surface area (Å²) in [6.45, 7) is 0. The van der Waals surface area contributed by atoms with E-state index in [1.54, 1.807) is 0 Å². The second-order valence-corrected chi connectivity index (χ2v) is 10.2. The van der Waals surface area contributed by atoms with Gasteiger partial charge in [-0.25, -0.2) is 15.3 Å². The van der Waals surface area contributed by atoms with Crippen LogP contribution in [0.3, 0.4) is 0 Å². The van der Waals surface area contributed by atoms with Crippen LogP contribution in [0.25, 0.3) is 0 Å². The Hall–Kier alpha value is -2.31. The Morgan fingerprint density at radius 3 is 1.10 bits per heavy atom. The maximum Gasteiger partial charge on any atom is 0.326 e. The first-order valence-corrected chi connectivity index (χ1v) is 12.7. The molecule has 3 aromatic heterocycles. The van der Waals surface area contributed by atoms with E-state index in [4.69, 9.17) is 15.3 Å². The van der Waals surface area contributed by atoms with Gasteiger partial charge in [0.15, 0.2) is 0 Å². The predicted molar refractivity (Wildman–Crippen MR) is 124 cm³/mol. The molecule has 164 valence electrons. The summed E-state index contributed by atoms with van der Waals surface area (Å²) in [5.74, 6) is 1.87. The Kier molecular flexibility index (Phi) is 5.20. The van der Waals surface area contributed by atoms with Crippen LogP contribution in [0.15, 0.2) is 36.8 Å². The molecule has 3 aliphatic rings. The third-order valence-electron chi connectivity index (χ3n) is 8.17. The highest BCUT2D eigenvalue weighted by Crippen LogP contribution is 2.35. The molecule has 0 saturated heterocycles. The minimum absolute atomic E-state index is 0.625. The predicted octanol–water partition coefficient (Wildman–Crippen LogP) is 4.91. The average Bonchev–Trinajstić information content (AvgIpc) is 3.61. The second-order valence-electron chi connectivity index (χ2n) is 10.2. The van der Waals surface area contributed by atoms with E-state index in [9.17, 15) is 0 Å². The van der Waals surface area contributed by atoms with Gasteiger partial charge in [0.2, 0.25) is 0 Å². The SMILES string of the molecule is c1cn([BH-](n2ccc(C3CCCC3)n2)n2ccc(C3CCCC3)n2)nc1C1CCCC1. The highest BCUT2D eigenvalue weighted by Gasteiger charge is 2.24. The molecule has 6 nitrogen and oxygen atoms in total. The third kappa shape index (κ3) is 3.76. The number of aromatic nitrogens is 6. The summed E-state index contributed by atoms with van der Waals surface area (Å²) in [6, 6.07) is 6.70. The van der Waals surface area contributed by atoms with Gasteiger partial charge in [-0.2, -0.15) is 0 Å². The van der Waals surface area contributed by atoms with Crippen LogP contribution in [-0.4, -0.2) is 36.2 Å². The fourth-order valence-corrected chi connectivity index (χ4v) is 6.37. The van der Waals surface area contributed by atoms with Gasteiger partial charge in [0.05, 0.1) is 17.1 Å². The van der Waals surface area contributed by atoms with E-state index in [0.29, 0.717) is 17.8 Å². The largest absolute Gasteiger partial charge is 0.403 e. The molecule has 0 spiro atoms. The van der Waals surface area contributed by atoms with Crippen molar-refractivity contribution in [3.05, 3.63) is 53.9 Å². The van der Waals surface area contributed by atoms with Gasteiger partial charge in [-0.1, -0.05) is 38.5 Å². The Balaban J connectivity index is 1.34. The molecule has 0 aromatic carbocycles. The fraction of sp³-hybridized carbons (Fsp3) is 0.625. The van der Waals surface area contributed by atoms with Crippen LogP contribution in [-0.2, 0) is 0 Å². The number of nitrogens with zero attached hydrogens (tertiary/aromatic N) is 6. The molecule has 3 saturated carbocycles. The van der Waals surface area contributed by atoms with E-state index < -0.39 is 7.12 Å². The topological polar surface area (TPSA) is 53.5 Å². The summed E-state index contributed by atoms with van der Waals surface area (Å²) in [6.07, 6.45) is 22.2. The van der Waals surface area contributed by atoms with Crippen LogP contribution in [0.4, 0.5) is 0 Å². The lowest BCUT2D eigenvalue weighted by atomic mass is 9.96. The Morgan fingerprint density at radius 2 is 0.806 bits per heavy atom. The number of rotatable bonds is 6. The van der Waals surface area contributed by atoms with Crippen molar-refractivity contribution in [2.75, 3.05) is 0 Å². The molecule has 0 atom stereocenters. The lowest BCUT2D eigenvalue weighted by molar-refractivity contribution is 0.654. The molecule has 0 unspecified atom stereocenters. The third-order valence-corrected chi connectivity index (χ3v) is 8.17. The maximum absolute atomic E-state index is 5.09. The van der Waals surface area contributed by atoms with Crippen LogP contribution >= 0.6 is 0 Å². The molecule has 0 N–H and O–H groups in total. The highest BCUT2D eigenvalue weighted by molar-refractivity contribution is 6.52. The zero-order chi connectivity index (χ0) is 20.6. The first-order valence-electron chi connectivity index (χ1n) is 12.7. The van der Waals surface area contributed by atoms with Crippen molar-refractivity contribution in [2.24, 2.45) is 0 Å². The fourth-order valence-electron chi connectivity index (χ4n) is 6.37. The summed E-state index contributed by atoms with van der Waals surface area (Å²) < 4.78 is 6.47. The van der Waals surface area contributed by atoms with Crippen molar-refractivity contribution in [2.45, 2.75) is 94.8 Å². The molecule has 0 aliphatic heterocycles. The summed E-state index contributed by atoms with van der Waals surface area (Å²) in [4.78, 5) is 0. The van der Waals surface area contributed by atoms with E-state index in [0.717, 1.165) is 0 Å². The summed E-state index contributed by atoms with van der Waals surface area (Å²) in [5.41, 5.74) is 3.75. The Morgan fingerprint density at radius 1 is 0.516 bits per heavy atom. The van der Waals surface area contributed by atoms with E-state index >= 15 is 0 Å². The molecule has 0 amide bonds. The van der Waals surface area contributed by atoms with Gasteiger partial charge < -0.3 is 13.8 Å². The van der Waals surface area contributed by atoms with Crippen molar-refractivity contribution in [3.8, 4) is 0 Å². The van der Waals surface area contributed by atoms with Gasteiger partial charge in [0.25, 0.3) is 0 Å². The molecule has 0 bridgehead atoms. The van der Waals surface area contributed by atoms with Gasteiger partial charge in [-0.05, 0) is 75.3 Å². The van der Waals surface area contributed by atoms with Crippen LogP contribution < -0.4 is 0 Å². The van der Waals surface area contributed by atoms with Gasteiger partial charge in [-0.15, -0.1) is 0 Å². The molecular formula is C24H34BN6-. The van der Waals surface area contributed by atoms with Gasteiger partial charge in [0, 0.05) is 17.8 Å². The molecule has 3 heterocycles. The van der Waals surface area contributed by atoms with Crippen LogP contribution in [0.5, 0.6) is 0 Å². The van der Waals surface area contributed by atoms with Crippen LogP contribution in [0.2, 0.25) is 0 Å². The van der Waals surface area contributed by atoms with E-state index in [-0.39, 0.29) is 0 Å². The number of hydrogen-bond donors (Lipinski definition) is 0. The molecule has 7 heteroatoms. The van der Waals surface area contributed by atoms with Crippen molar-refractivity contribution in [3.63, 3.8) is 0 Å². The first-order chi connectivity index (χ1) is 15.3. The quantitative estimate of drug-likeness (QED) is 0.536. The first kappa shape index (κ1) is 19.4. The summed E-state index contributed by atoms with van der Waals surface area (Å²) in [7, 11) is -1.25. The van der Waals surface area contributed by atoms with E-state index in [1.165, 1.54) is 94.1 Å². The van der Waals surface area contributed by atoms with Crippen molar-refractivity contribution < 1.29 is 0 Å². The molecule has 0 radical (unpaired) electrons. The Bertz CT molecular complexity index is 872. The second kappa shape index (κ2) is 8.32. The highest BCUT2D eigenvalue weighted by atomic mass is 15.4. The monoisotopic (exact) mass is 417 g/mol. The normalized spacial score (nSPS) is 21.2. The van der Waals surface area contributed by atoms with Gasteiger partial charge >= 0.3 is 7.12 Å². The Labute approximate surface area is 185 Å². The van der Waals surface area contributed by atoms with Gasteiger partial charge in [0.1, 0.15) is 0 Å². The zero-order valence-corrected chi connectivity index (χ0v) is 18.6. The lowest BCUT2D eigenvalue weighted by Crippen LogP contribution is -2.43. The molecular weight excluding hydrogens is 383 g/mol. The minimum Gasteiger partial charge on any atom is -0.403 e. The summed E-state index contributed by atoms with van der Waals surface area (Å²) >= 11 is 0.